The van der Waals surface area contributed by atoms with Gasteiger partial charge in [-0.2, -0.15) is 0 Å². The summed E-state index contributed by atoms with van der Waals surface area (Å²) in [4.78, 5) is 28.4. The molecule has 2 unspecified atom stereocenters. The van der Waals surface area contributed by atoms with Crippen LogP contribution in [0.3, 0.4) is 0 Å². The standard InChI is InChI=1S/C27H32F2N2O4S/c1-18(32)30-16-19(17-30)14-25-24-15-23(35-22-8-5-21(6-9-22)27(2,28)29)7-4-20(24)10-12-31(25)26(33)11-13-36(3)34/h4-9,15,19,25H,10-14,16-17H2,1-3H3. The average molecular weight is 519 g/mol. The van der Waals surface area contributed by atoms with Gasteiger partial charge in [0, 0.05) is 68.3 Å². The molecule has 9 heteroatoms. The third-order valence-electron chi connectivity index (χ3n) is 6.95. The lowest BCUT2D eigenvalue weighted by molar-refractivity contribution is -0.138. The largest absolute Gasteiger partial charge is 0.457 e. The van der Waals surface area contributed by atoms with Gasteiger partial charge < -0.3 is 14.5 Å². The van der Waals surface area contributed by atoms with Crippen molar-refractivity contribution in [3.05, 3.63) is 59.2 Å². The second-order valence-corrected chi connectivity index (χ2v) is 11.3. The zero-order chi connectivity index (χ0) is 26.0. The van der Waals surface area contributed by atoms with Crippen molar-refractivity contribution >= 4 is 22.6 Å². The molecule has 194 valence electrons. The van der Waals surface area contributed by atoms with Gasteiger partial charge in [-0.25, -0.2) is 8.78 Å². The van der Waals surface area contributed by atoms with Crippen molar-refractivity contribution in [3.63, 3.8) is 0 Å². The van der Waals surface area contributed by atoms with E-state index in [2.05, 4.69) is 0 Å². The zero-order valence-corrected chi connectivity index (χ0v) is 21.7. The van der Waals surface area contributed by atoms with Crippen LogP contribution in [0.1, 0.15) is 49.4 Å². The lowest BCUT2D eigenvalue weighted by atomic mass is 9.83. The van der Waals surface area contributed by atoms with E-state index < -0.39 is 16.7 Å². The van der Waals surface area contributed by atoms with E-state index in [0.717, 1.165) is 24.5 Å². The summed E-state index contributed by atoms with van der Waals surface area (Å²) in [5, 5.41) is 0. The second-order valence-electron chi connectivity index (χ2n) is 9.78. The molecule has 0 aliphatic carbocycles. The number of carbonyl (C=O) groups excluding carboxylic acids is 2. The third-order valence-corrected chi connectivity index (χ3v) is 7.73. The van der Waals surface area contributed by atoms with Crippen LogP contribution in [0.5, 0.6) is 11.5 Å². The van der Waals surface area contributed by atoms with E-state index in [1.807, 2.05) is 23.1 Å². The van der Waals surface area contributed by atoms with Gasteiger partial charge in [0.05, 0.1) is 6.04 Å². The first kappa shape index (κ1) is 26.3. The average Bonchev–Trinajstić information content (AvgIpc) is 2.79. The van der Waals surface area contributed by atoms with Crippen molar-refractivity contribution in [2.24, 2.45) is 5.92 Å². The quantitative estimate of drug-likeness (QED) is 0.510. The SMILES string of the molecule is CC(=O)N1CC(CC2c3cc(Oc4ccc(C(C)(F)F)cc4)ccc3CCN2C(=O)CCS(C)=O)C1. The van der Waals surface area contributed by atoms with E-state index >= 15 is 0 Å². The zero-order valence-electron chi connectivity index (χ0n) is 20.8. The molecule has 4 rings (SSSR count). The Morgan fingerprint density at radius 3 is 2.39 bits per heavy atom. The van der Waals surface area contributed by atoms with Gasteiger partial charge in [-0.15, -0.1) is 0 Å². The number of amides is 2. The van der Waals surface area contributed by atoms with E-state index in [1.54, 1.807) is 18.1 Å². The summed E-state index contributed by atoms with van der Waals surface area (Å²) in [6.07, 6.45) is 3.25. The molecule has 6 nitrogen and oxygen atoms in total. The fourth-order valence-electron chi connectivity index (χ4n) is 4.91. The van der Waals surface area contributed by atoms with Crippen LogP contribution in [0, 0.1) is 5.92 Å². The minimum absolute atomic E-state index is 0.0222. The molecule has 0 saturated carbocycles. The fourth-order valence-corrected chi connectivity index (χ4v) is 5.37. The van der Waals surface area contributed by atoms with Crippen LogP contribution in [-0.4, -0.2) is 57.5 Å². The number of fused-ring (bicyclic) bond motifs is 1. The summed E-state index contributed by atoms with van der Waals surface area (Å²) in [7, 11) is -1.05. The Hall–Kier alpha value is -2.81. The Kier molecular flexibility index (Phi) is 7.78. The molecule has 2 amide bonds. The van der Waals surface area contributed by atoms with Gasteiger partial charge in [0.2, 0.25) is 11.8 Å². The van der Waals surface area contributed by atoms with E-state index in [0.29, 0.717) is 43.3 Å². The van der Waals surface area contributed by atoms with E-state index in [-0.39, 0.29) is 35.8 Å². The number of benzene rings is 2. The number of alkyl halides is 2. The summed E-state index contributed by atoms with van der Waals surface area (Å²) in [5.41, 5.74) is 2.06. The van der Waals surface area contributed by atoms with Crippen LogP contribution < -0.4 is 4.74 Å². The molecule has 2 aromatic rings. The molecule has 0 radical (unpaired) electrons. The number of hydrogen-bond donors (Lipinski definition) is 0. The summed E-state index contributed by atoms with van der Waals surface area (Å²) in [5.74, 6) is -1.26. The molecule has 1 fully saturated rings. The Morgan fingerprint density at radius 1 is 1.11 bits per heavy atom. The maximum absolute atomic E-state index is 13.5. The smallest absolute Gasteiger partial charge is 0.270 e. The molecule has 1 saturated heterocycles. The van der Waals surface area contributed by atoms with Gasteiger partial charge in [0.1, 0.15) is 11.5 Å². The number of carbonyl (C=O) groups is 2. The lowest BCUT2D eigenvalue weighted by Gasteiger charge is -2.44. The van der Waals surface area contributed by atoms with E-state index in [9.17, 15) is 22.6 Å². The number of likely N-dealkylation sites (tertiary alicyclic amines) is 1. The second kappa shape index (κ2) is 10.7. The fraction of sp³-hybridized carbons (Fsp3) is 0.481. The van der Waals surface area contributed by atoms with Crippen LogP contribution in [0.15, 0.2) is 42.5 Å². The first-order valence-electron chi connectivity index (χ1n) is 12.2. The lowest BCUT2D eigenvalue weighted by Crippen LogP contribution is -2.51. The number of halogens is 2. The first-order chi connectivity index (χ1) is 17.0. The van der Waals surface area contributed by atoms with Crippen LogP contribution >= 0.6 is 0 Å². The molecule has 2 aliphatic heterocycles. The normalized spacial score (nSPS) is 18.9. The van der Waals surface area contributed by atoms with Crippen molar-refractivity contribution in [1.29, 1.82) is 0 Å². The van der Waals surface area contributed by atoms with Crippen molar-refractivity contribution < 1.29 is 27.3 Å². The minimum Gasteiger partial charge on any atom is -0.457 e. The Labute approximate surface area is 213 Å². The molecule has 0 bridgehead atoms. The highest BCUT2D eigenvalue weighted by atomic mass is 32.2. The Morgan fingerprint density at radius 2 is 1.78 bits per heavy atom. The van der Waals surface area contributed by atoms with Crippen LogP contribution in [0.4, 0.5) is 8.78 Å². The van der Waals surface area contributed by atoms with E-state index in [1.165, 1.54) is 24.3 Å². The highest BCUT2D eigenvalue weighted by Gasteiger charge is 2.37. The van der Waals surface area contributed by atoms with E-state index in [4.69, 9.17) is 4.74 Å². The summed E-state index contributed by atoms with van der Waals surface area (Å²) in [6.45, 7) is 4.35. The highest BCUT2D eigenvalue weighted by molar-refractivity contribution is 7.84. The third kappa shape index (κ3) is 6.11. The predicted octanol–water partition coefficient (Wildman–Crippen LogP) is 4.65. The number of nitrogens with zero attached hydrogens (tertiary/aromatic N) is 2. The van der Waals surface area contributed by atoms with Gasteiger partial charge in [-0.05, 0) is 66.3 Å². The topological polar surface area (TPSA) is 66.9 Å². The molecule has 36 heavy (non-hydrogen) atoms. The van der Waals surface area contributed by atoms with Crippen molar-refractivity contribution in [2.45, 2.75) is 45.1 Å². The van der Waals surface area contributed by atoms with Gasteiger partial charge in [0.15, 0.2) is 0 Å². The summed E-state index contributed by atoms with van der Waals surface area (Å²) >= 11 is 0. The molecule has 2 aromatic carbocycles. The Bertz CT molecular complexity index is 1140. The van der Waals surface area contributed by atoms with Crippen LogP contribution in [0.25, 0.3) is 0 Å². The molecule has 2 atom stereocenters. The Balaban J connectivity index is 1.56. The molecule has 0 N–H and O–H groups in total. The van der Waals surface area contributed by atoms with Gasteiger partial charge in [0.25, 0.3) is 5.92 Å². The van der Waals surface area contributed by atoms with Crippen molar-refractivity contribution in [2.75, 3.05) is 31.6 Å². The molecular formula is C27H32F2N2O4S. The van der Waals surface area contributed by atoms with Gasteiger partial charge in [-0.3, -0.25) is 13.8 Å². The minimum atomic E-state index is -2.92. The molecular weight excluding hydrogens is 486 g/mol. The van der Waals surface area contributed by atoms with Crippen molar-refractivity contribution in [3.8, 4) is 11.5 Å². The van der Waals surface area contributed by atoms with Gasteiger partial charge in [-0.1, -0.05) is 6.07 Å². The maximum Gasteiger partial charge on any atom is 0.270 e. The molecule has 0 spiro atoms. The van der Waals surface area contributed by atoms with Crippen LogP contribution in [-0.2, 0) is 32.7 Å². The molecule has 2 aliphatic rings. The van der Waals surface area contributed by atoms with Crippen LogP contribution in [0.2, 0.25) is 0 Å². The maximum atomic E-state index is 13.5. The highest BCUT2D eigenvalue weighted by Crippen LogP contribution is 2.39. The number of ether oxygens (including phenoxy) is 1. The predicted molar refractivity (Wildman–Crippen MR) is 135 cm³/mol. The molecule has 2 heterocycles. The number of hydrogen-bond acceptors (Lipinski definition) is 4. The summed E-state index contributed by atoms with van der Waals surface area (Å²) in [6, 6.07) is 11.4. The first-order valence-corrected chi connectivity index (χ1v) is 13.9. The number of rotatable bonds is 8. The van der Waals surface area contributed by atoms with Crippen molar-refractivity contribution in [1.82, 2.24) is 9.80 Å². The summed E-state index contributed by atoms with van der Waals surface area (Å²) < 4.78 is 44.7. The monoisotopic (exact) mass is 518 g/mol. The van der Waals surface area contributed by atoms with Gasteiger partial charge >= 0.3 is 0 Å². The molecule has 0 aromatic heterocycles.